The predicted octanol–water partition coefficient (Wildman–Crippen LogP) is 3.32. The lowest BCUT2D eigenvalue weighted by Crippen LogP contribution is -2.50. The molecule has 0 amide bonds. The quantitative estimate of drug-likeness (QED) is 0.405. The van der Waals surface area contributed by atoms with Gasteiger partial charge in [-0.1, -0.05) is 30.9 Å². The molecule has 3 atom stereocenters. The Morgan fingerprint density at radius 1 is 1.12 bits per heavy atom. The van der Waals surface area contributed by atoms with Gasteiger partial charge in [0.25, 0.3) is 0 Å². The van der Waals surface area contributed by atoms with E-state index in [-0.39, 0.29) is 23.7 Å². The van der Waals surface area contributed by atoms with Gasteiger partial charge in [0.15, 0.2) is 0 Å². The number of hydrogen-bond donors (Lipinski definition) is 1. The van der Waals surface area contributed by atoms with Crippen molar-refractivity contribution in [3.8, 4) is 23.3 Å². The Morgan fingerprint density at radius 3 is 2.40 bits per heavy atom. The van der Waals surface area contributed by atoms with Crippen molar-refractivity contribution < 1.29 is 35.8 Å². The molecule has 3 aromatic rings. The van der Waals surface area contributed by atoms with Crippen LogP contribution in [0.2, 0.25) is 0 Å². The smallest absolute Gasteiger partial charge is 0.247 e. The minimum absolute atomic E-state index is 0.0000830. The number of likely N-dealkylation sites (N-methyl/N-ethyl adjacent to an activating group) is 1. The molecule has 0 saturated heterocycles. The standard InChI is InChI=1S/C30H33FN2O7S2/c1-21-18-33(22(2)20-34)42(37,38)30-16-13-24(10-9-23-11-14-25(39-4)15-12-23)17-27(30)40-28(21)19-32(3)41(35,36)29-8-6-5-7-26(29)31/h5-8,11-17,21-22,28,34H,18-20H2,1-4H3/t21-,22-,28-/m1/s1. The molecule has 0 unspecified atom stereocenters. The minimum atomic E-state index is -4.23. The SMILES string of the molecule is COc1ccc(C#Cc2ccc3c(c2)O[C@H](CN(C)S(=O)(=O)c2ccccc2F)[C@H](C)CN([C@H](C)CO)S3(=O)=O)cc1. The molecule has 0 aliphatic carbocycles. The number of fused-ring (bicyclic) bond motifs is 1. The lowest BCUT2D eigenvalue weighted by molar-refractivity contribution is 0.0904. The molecule has 1 N–H and O–H groups in total. The van der Waals surface area contributed by atoms with Crippen LogP contribution in [0, 0.1) is 23.6 Å². The van der Waals surface area contributed by atoms with Crippen LogP contribution in [0.15, 0.2) is 76.5 Å². The predicted molar refractivity (Wildman–Crippen MR) is 156 cm³/mol. The lowest BCUT2D eigenvalue weighted by atomic mass is 10.0. The van der Waals surface area contributed by atoms with Crippen molar-refractivity contribution in [3.63, 3.8) is 0 Å². The number of methoxy groups -OCH3 is 1. The maximum atomic E-state index is 14.4. The number of ether oxygens (including phenoxy) is 2. The molecule has 9 nitrogen and oxygen atoms in total. The first-order valence-corrected chi connectivity index (χ1v) is 16.1. The van der Waals surface area contributed by atoms with Crippen molar-refractivity contribution in [2.24, 2.45) is 5.92 Å². The van der Waals surface area contributed by atoms with Crippen LogP contribution >= 0.6 is 0 Å². The molecule has 1 aliphatic rings. The van der Waals surface area contributed by atoms with Crippen LogP contribution in [0.25, 0.3) is 0 Å². The van der Waals surface area contributed by atoms with Gasteiger partial charge in [0.1, 0.15) is 33.2 Å². The average Bonchev–Trinajstić information content (AvgIpc) is 2.97. The lowest BCUT2D eigenvalue weighted by Gasteiger charge is -2.37. The van der Waals surface area contributed by atoms with Gasteiger partial charge in [-0.05, 0) is 61.5 Å². The number of benzene rings is 3. The third-order valence-corrected chi connectivity index (χ3v) is 10.9. The van der Waals surface area contributed by atoms with Crippen molar-refractivity contribution in [1.29, 1.82) is 0 Å². The second-order valence-electron chi connectivity index (χ2n) is 10.1. The molecule has 0 fully saturated rings. The van der Waals surface area contributed by atoms with Gasteiger partial charge in [-0.2, -0.15) is 8.61 Å². The summed E-state index contributed by atoms with van der Waals surface area (Å²) in [5, 5.41) is 9.85. The normalized spacial score (nSPS) is 19.4. The number of aliphatic hydroxyl groups excluding tert-OH is 1. The Labute approximate surface area is 246 Å². The summed E-state index contributed by atoms with van der Waals surface area (Å²) in [6.45, 7) is 2.67. The first-order chi connectivity index (χ1) is 19.9. The van der Waals surface area contributed by atoms with Gasteiger partial charge in [0, 0.05) is 36.7 Å². The van der Waals surface area contributed by atoms with Gasteiger partial charge < -0.3 is 14.6 Å². The Balaban J connectivity index is 1.74. The summed E-state index contributed by atoms with van der Waals surface area (Å²) in [6.07, 6.45) is -0.830. The molecule has 3 aromatic carbocycles. The Kier molecular flexibility index (Phi) is 9.60. The number of sulfonamides is 2. The topological polar surface area (TPSA) is 113 Å². The number of aliphatic hydroxyl groups is 1. The summed E-state index contributed by atoms with van der Waals surface area (Å²) in [6, 6.07) is 15.9. The van der Waals surface area contributed by atoms with Crippen molar-refractivity contribution in [2.75, 3.05) is 33.9 Å². The zero-order valence-electron chi connectivity index (χ0n) is 23.7. The largest absolute Gasteiger partial charge is 0.497 e. The van der Waals surface area contributed by atoms with E-state index in [0.29, 0.717) is 16.9 Å². The molecule has 0 spiro atoms. The van der Waals surface area contributed by atoms with Crippen LogP contribution in [-0.4, -0.2) is 76.6 Å². The summed E-state index contributed by atoms with van der Waals surface area (Å²) < 4.78 is 81.9. The molecule has 12 heteroatoms. The van der Waals surface area contributed by atoms with Crippen LogP contribution in [0.5, 0.6) is 11.5 Å². The molecular formula is C30H33FN2O7S2. The second-order valence-corrected chi connectivity index (χ2v) is 14.0. The van der Waals surface area contributed by atoms with Gasteiger partial charge in [-0.3, -0.25) is 0 Å². The highest BCUT2D eigenvalue weighted by Crippen LogP contribution is 2.34. The summed E-state index contributed by atoms with van der Waals surface area (Å²) in [5.74, 6) is 5.32. The Hall–Kier alpha value is -3.47. The van der Waals surface area contributed by atoms with Crippen molar-refractivity contribution >= 4 is 20.0 Å². The minimum Gasteiger partial charge on any atom is -0.497 e. The molecule has 0 aromatic heterocycles. The van der Waals surface area contributed by atoms with E-state index in [1.165, 1.54) is 41.7 Å². The number of halogens is 1. The summed E-state index contributed by atoms with van der Waals surface area (Å²) >= 11 is 0. The highest BCUT2D eigenvalue weighted by molar-refractivity contribution is 7.89. The molecule has 0 saturated carbocycles. The fraction of sp³-hybridized carbons (Fsp3) is 0.333. The van der Waals surface area contributed by atoms with Crippen molar-refractivity contribution in [1.82, 2.24) is 8.61 Å². The fourth-order valence-electron chi connectivity index (χ4n) is 4.51. The first kappa shape index (κ1) is 31.5. The van der Waals surface area contributed by atoms with Gasteiger partial charge in [0.05, 0.1) is 20.3 Å². The van der Waals surface area contributed by atoms with E-state index >= 15 is 0 Å². The average molecular weight is 617 g/mol. The Bertz CT molecular complexity index is 1700. The highest BCUT2D eigenvalue weighted by atomic mass is 32.2. The molecule has 42 heavy (non-hydrogen) atoms. The first-order valence-electron chi connectivity index (χ1n) is 13.2. The number of rotatable bonds is 7. The third kappa shape index (κ3) is 6.61. The highest BCUT2D eigenvalue weighted by Gasteiger charge is 2.39. The van der Waals surface area contributed by atoms with Gasteiger partial charge in [-0.25, -0.2) is 21.2 Å². The van der Waals surface area contributed by atoms with Crippen LogP contribution < -0.4 is 9.47 Å². The van der Waals surface area contributed by atoms with E-state index < -0.39 is 55.4 Å². The molecule has 0 bridgehead atoms. The van der Waals surface area contributed by atoms with Gasteiger partial charge in [-0.15, -0.1) is 0 Å². The second kappa shape index (κ2) is 12.8. The van der Waals surface area contributed by atoms with E-state index in [1.54, 1.807) is 51.3 Å². The van der Waals surface area contributed by atoms with Crippen molar-refractivity contribution in [3.05, 3.63) is 83.7 Å². The Morgan fingerprint density at radius 2 is 1.76 bits per heavy atom. The van der Waals surface area contributed by atoms with E-state index in [9.17, 15) is 26.3 Å². The van der Waals surface area contributed by atoms with E-state index in [4.69, 9.17) is 9.47 Å². The van der Waals surface area contributed by atoms with Crippen molar-refractivity contribution in [2.45, 2.75) is 35.8 Å². The summed E-state index contributed by atoms with van der Waals surface area (Å²) in [7, 11) is -5.44. The van der Waals surface area contributed by atoms with Gasteiger partial charge in [0.2, 0.25) is 20.0 Å². The van der Waals surface area contributed by atoms with Gasteiger partial charge >= 0.3 is 0 Å². The van der Waals surface area contributed by atoms with E-state index in [0.717, 1.165) is 10.4 Å². The fourth-order valence-corrected chi connectivity index (χ4v) is 7.58. The molecule has 1 heterocycles. The molecule has 224 valence electrons. The van der Waals surface area contributed by atoms with Crippen LogP contribution in [0.4, 0.5) is 4.39 Å². The van der Waals surface area contributed by atoms with Crippen LogP contribution in [0.3, 0.4) is 0 Å². The van der Waals surface area contributed by atoms with E-state index in [2.05, 4.69) is 11.8 Å². The molecule has 4 rings (SSSR count). The maximum Gasteiger partial charge on any atom is 0.247 e. The third-order valence-electron chi connectivity index (χ3n) is 7.07. The number of nitrogens with zero attached hydrogens (tertiary/aromatic N) is 2. The summed E-state index contributed by atoms with van der Waals surface area (Å²) in [4.78, 5) is -0.602. The maximum absolute atomic E-state index is 14.4. The molecule has 1 aliphatic heterocycles. The monoisotopic (exact) mass is 616 g/mol. The van der Waals surface area contributed by atoms with Crippen LogP contribution in [0.1, 0.15) is 25.0 Å². The zero-order valence-corrected chi connectivity index (χ0v) is 25.3. The summed E-state index contributed by atoms with van der Waals surface area (Å²) in [5.41, 5.74) is 1.19. The van der Waals surface area contributed by atoms with E-state index in [1.807, 2.05) is 0 Å². The zero-order chi connectivity index (χ0) is 30.7. The van der Waals surface area contributed by atoms with Crippen LogP contribution in [-0.2, 0) is 20.0 Å². The number of hydrogen-bond acceptors (Lipinski definition) is 7. The molecular weight excluding hydrogens is 583 g/mol. The molecule has 0 radical (unpaired) electrons.